The summed E-state index contributed by atoms with van der Waals surface area (Å²) in [6.45, 7) is 3.97. The molecule has 0 atom stereocenters. The van der Waals surface area contributed by atoms with Crippen molar-refractivity contribution in [2.45, 2.75) is 31.6 Å². The van der Waals surface area contributed by atoms with Crippen LogP contribution in [0.25, 0.3) is 0 Å². The van der Waals surface area contributed by atoms with Crippen molar-refractivity contribution in [2.24, 2.45) is 5.92 Å². The Morgan fingerprint density at radius 2 is 1.93 bits per heavy atom. The topological polar surface area (TPSA) is 104 Å². The summed E-state index contributed by atoms with van der Waals surface area (Å²) in [7, 11) is -2.06. The van der Waals surface area contributed by atoms with E-state index in [1.807, 2.05) is 12.1 Å². The summed E-state index contributed by atoms with van der Waals surface area (Å²) in [5.41, 5.74) is 1.61. The van der Waals surface area contributed by atoms with E-state index in [0.717, 1.165) is 0 Å². The number of H-pyrrole nitrogens is 1. The lowest BCUT2D eigenvalue weighted by Gasteiger charge is -2.30. The summed E-state index contributed by atoms with van der Waals surface area (Å²) in [6.07, 6.45) is 0.937. The van der Waals surface area contributed by atoms with E-state index in [2.05, 4.69) is 15.5 Å². The van der Waals surface area contributed by atoms with Crippen LogP contribution in [0.2, 0.25) is 0 Å². The molecule has 0 aliphatic carbocycles. The van der Waals surface area contributed by atoms with Crippen molar-refractivity contribution in [3.8, 4) is 5.75 Å². The number of aromatic nitrogens is 2. The number of sulfonamides is 1. The second-order valence-corrected chi connectivity index (χ2v) is 8.51. The molecule has 1 aromatic heterocycles. The fourth-order valence-electron chi connectivity index (χ4n) is 3.39. The largest absolute Gasteiger partial charge is 0.495 e. The van der Waals surface area contributed by atoms with Crippen LogP contribution >= 0.6 is 0 Å². The second kappa shape index (κ2) is 7.69. The molecule has 1 aliphatic heterocycles. The third kappa shape index (κ3) is 3.84. The van der Waals surface area contributed by atoms with E-state index >= 15 is 0 Å². The minimum Gasteiger partial charge on any atom is -0.495 e. The molecule has 0 radical (unpaired) electrons. The number of hydrogen-bond acceptors (Lipinski definition) is 5. The number of para-hydroxylation sites is 2. The monoisotopic (exact) mass is 392 g/mol. The molecule has 1 amide bonds. The van der Waals surface area contributed by atoms with Crippen molar-refractivity contribution in [1.29, 1.82) is 0 Å². The number of carbonyl (C=O) groups is 1. The Kier molecular flexibility index (Phi) is 5.52. The van der Waals surface area contributed by atoms with Gasteiger partial charge in [-0.15, -0.1) is 0 Å². The normalized spacial score (nSPS) is 16.3. The lowest BCUT2D eigenvalue weighted by Crippen LogP contribution is -2.41. The van der Waals surface area contributed by atoms with Crippen LogP contribution in [0.15, 0.2) is 29.2 Å². The number of piperidine rings is 1. The van der Waals surface area contributed by atoms with Crippen LogP contribution in [-0.4, -0.2) is 49.0 Å². The molecule has 146 valence electrons. The Morgan fingerprint density at radius 3 is 2.52 bits per heavy atom. The van der Waals surface area contributed by atoms with Gasteiger partial charge in [-0.1, -0.05) is 12.1 Å². The van der Waals surface area contributed by atoms with E-state index in [1.165, 1.54) is 4.31 Å². The number of benzene rings is 1. The van der Waals surface area contributed by atoms with E-state index in [1.54, 1.807) is 33.1 Å². The lowest BCUT2D eigenvalue weighted by atomic mass is 9.97. The molecular weight excluding hydrogens is 368 g/mol. The molecule has 1 saturated heterocycles. The third-order valence-electron chi connectivity index (χ3n) is 4.85. The van der Waals surface area contributed by atoms with Gasteiger partial charge in [0.05, 0.1) is 24.2 Å². The summed E-state index contributed by atoms with van der Waals surface area (Å²) in [4.78, 5) is 12.8. The number of amides is 1. The predicted molar refractivity (Wildman–Crippen MR) is 101 cm³/mol. The maximum absolute atomic E-state index is 12.9. The number of rotatable bonds is 5. The van der Waals surface area contributed by atoms with Crippen LogP contribution in [0.3, 0.4) is 0 Å². The Labute approximate surface area is 159 Å². The van der Waals surface area contributed by atoms with Gasteiger partial charge in [0.2, 0.25) is 15.9 Å². The molecule has 1 aliphatic rings. The van der Waals surface area contributed by atoms with E-state index in [9.17, 15) is 13.2 Å². The molecule has 3 rings (SSSR count). The highest BCUT2D eigenvalue weighted by molar-refractivity contribution is 7.89. The molecule has 0 bridgehead atoms. The second-order valence-electron chi connectivity index (χ2n) is 6.63. The van der Waals surface area contributed by atoms with Gasteiger partial charge in [0.25, 0.3) is 0 Å². The van der Waals surface area contributed by atoms with Crippen LogP contribution in [0.5, 0.6) is 5.75 Å². The number of ether oxygens (including phenoxy) is 1. The maximum Gasteiger partial charge on any atom is 0.246 e. The SMILES string of the molecule is COc1ccccc1NC(=O)C1CCN(S(=O)(=O)c2c(C)n[nH]c2C)CC1. The first-order valence-electron chi connectivity index (χ1n) is 8.80. The maximum atomic E-state index is 12.9. The van der Waals surface area contributed by atoms with Crippen molar-refractivity contribution in [3.05, 3.63) is 35.7 Å². The van der Waals surface area contributed by atoms with Crippen molar-refractivity contribution < 1.29 is 17.9 Å². The highest BCUT2D eigenvalue weighted by Gasteiger charge is 2.34. The minimum absolute atomic E-state index is 0.118. The fourth-order valence-corrected chi connectivity index (χ4v) is 5.19. The van der Waals surface area contributed by atoms with Crippen LogP contribution in [0, 0.1) is 19.8 Å². The summed E-state index contributed by atoms with van der Waals surface area (Å²) in [5.74, 6) is 0.233. The van der Waals surface area contributed by atoms with E-state index in [4.69, 9.17) is 4.74 Å². The number of carbonyl (C=O) groups excluding carboxylic acids is 1. The number of methoxy groups -OCH3 is 1. The van der Waals surface area contributed by atoms with Gasteiger partial charge in [-0.05, 0) is 38.8 Å². The molecule has 27 heavy (non-hydrogen) atoms. The molecule has 0 saturated carbocycles. The zero-order valence-electron chi connectivity index (χ0n) is 15.7. The van der Waals surface area contributed by atoms with Gasteiger partial charge in [-0.2, -0.15) is 9.40 Å². The fraction of sp³-hybridized carbons (Fsp3) is 0.444. The molecule has 1 aromatic carbocycles. The summed E-state index contributed by atoms with van der Waals surface area (Å²) in [6, 6.07) is 7.21. The number of anilines is 1. The standard InChI is InChI=1S/C18H24N4O4S/c1-12-17(13(2)21-20-12)27(24,25)22-10-8-14(9-11-22)18(23)19-15-6-4-5-7-16(15)26-3/h4-7,14H,8-11H2,1-3H3,(H,19,23)(H,20,21). The average molecular weight is 392 g/mol. The molecular formula is C18H24N4O4S. The number of nitrogens with one attached hydrogen (secondary N) is 2. The quantitative estimate of drug-likeness (QED) is 0.811. The first-order chi connectivity index (χ1) is 12.8. The van der Waals surface area contributed by atoms with Crippen LogP contribution in [-0.2, 0) is 14.8 Å². The van der Waals surface area contributed by atoms with Crippen LogP contribution < -0.4 is 10.1 Å². The smallest absolute Gasteiger partial charge is 0.246 e. The predicted octanol–water partition coefficient (Wildman–Crippen LogP) is 2.07. The first-order valence-corrected chi connectivity index (χ1v) is 10.2. The molecule has 8 nitrogen and oxygen atoms in total. The molecule has 1 fully saturated rings. The first kappa shape index (κ1) is 19.4. The van der Waals surface area contributed by atoms with Crippen molar-refractivity contribution in [1.82, 2.24) is 14.5 Å². The Morgan fingerprint density at radius 1 is 1.26 bits per heavy atom. The van der Waals surface area contributed by atoms with E-state index in [0.29, 0.717) is 48.8 Å². The third-order valence-corrected chi connectivity index (χ3v) is 7.01. The number of aryl methyl sites for hydroxylation is 2. The van der Waals surface area contributed by atoms with Crippen LogP contribution in [0.4, 0.5) is 5.69 Å². The summed E-state index contributed by atoms with van der Waals surface area (Å²) < 4.78 is 32.5. The molecule has 0 unspecified atom stereocenters. The van der Waals surface area contributed by atoms with Gasteiger partial charge in [0.15, 0.2) is 0 Å². The Bertz CT molecular complexity index is 911. The van der Waals surface area contributed by atoms with Crippen molar-refractivity contribution in [3.63, 3.8) is 0 Å². The molecule has 2 N–H and O–H groups in total. The molecule has 2 heterocycles. The minimum atomic E-state index is -3.61. The number of aromatic amines is 1. The molecule has 2 aromatic rings. The van der Waals surface area contributed by atoms with Crippen LogP contribution in [0.1, 0.15) is 24.2 Å². The van der Waals surface area contributed by atoms with Gasteiger partial charge in [-0.3, -0.25) is 9.89 Å². The molecule has 0 spiro atoms. The number of nitrogens with zero attached hydrogens (tertiary/aromatic N) is 2. The zero-order chi connectivity index (χ0) is 19.6. The highest BCUT2D eigenvalue weighted by atomic mass is 32.2. The molecule has 9 heteroatoms. The van der Waals surface area contributed by atoms with Gasteiger partial charge in [0.1, 0.15) is 10.6 Å². The zero-order valence-corrected chi connectivity index (χ0v) is 16.5. The summed E-state index contributed by atoms with van der Waals surface area (Å²) in [5, 5.41) is 9.58. The summed E-state index contributed by atoms with van der Waals surface area (Å²) >= 11 is 0. The average Bonchev–Trinajstić information content (AvgIpc) is 3.01. The van der Waals surface area contributed by atoms with E-state index < -0.39 is 10.0 Å². The van der Waals surface area contributed by atoms with E-state index in [-0.39, 0.29) is 16.7 Å². The Balaban J connectivity index is 1.66. The van der Waals surface area contributed by atoms with Gasteiger partial charge in [-0.25, -0.2) is 8.42 Å². The van der Waals surface area contributed by atoms with Gasteiger partial charge < -0.3 is 10.1 Å². The number of hydrogen-bond donors (Lipinski definition) is 2. The van der Waals surface area contributed by atoms with Gasteiger partial charge >= 0.3 is 0 Å². The van der Waals surface area contributed by atoms with Crippen molar-refractivity contribution >= 4 is 21.6 Å². The Hall–Kier alpha value is -2.39. The lowest BCUT2D eigenvalue weighted by molar-refractivity contribution is -0.120. The highest BCUT2D eigenvalue weighted by Crippen LogP contribution is 2.29. The van der Waals surface area contributed by atoms with Crippen molar-refractivity contribution in [2.75, 3.05) is 25.5 Å². The van der Waals surface area contributed by atoms with Gasteiger partial charge in [0, 0.05) is 19.0 Å².